The van der Waals surface area contributed by atoms with Crippen molar-refractivity contribution >= 4 is 15.9 Å². The molecule has 0 unspecified atom stereocenters. The van der Waals surface area contributed by atoms with E-state index in [0.29, 0.717) is 32.5 Å². The van der Waals surface area contributed by atoms with Gasteiger partial charge in [0.15, 0.2) is 0 Å². The van der Waals surface area contributed by atoms with Crippen LogP contribution in [0, 0.1) is 6.92 Å². The van der Waals surface area contributed by atoms with E-state index in [-0.39, 0.29) is 17.5 Å². The lowest BCUT2D eigenvalue weighted by Gasteiger charge is -2.45. The van der Waals surface area contributed by atoms with Crippen LogP contribution in [0.25, 0.3) is 0 Å². The predicted molar refractivity (Wildman–Crippen MR) is 101 cm³/mol. The normalized spacial score (nSPS) is 23.5. The summed E-state index contributed by atoms with van der Waals surface area (Å²) < 4.78 is 31.9. The molecule has 6 nitrogen and oxygen atoms in total. The lowest BCUT2D eigenvalue weighted by atomic mass is 9.86. The van der Waals surface area contributed by atoms with Crippen molar-refractivity contribution in [2.24, 2.45) is 0 Å². The summed E-state index contributed by atoms with van der Waals surface area (Å²) >= 11 is 0. The Balaban J connectivity index is 1.76. The summed E-state index contributed by atoms with van der Waals surface area (Å²) in [6.45, 7) is 3.52. The monoisotopic (exact) mass is 380 g/mol. The molecular formula is C19H28N2O4S. The number of hydrogen-bond acceptors (Lipinski definition) is 4. The molecule has 2 aliphatic rings. The van der Waals surface area contributed by atoms with Gasteiger partial charge >= 0.3 is 0 Å². The second kappa shape index (κ2) is 7.29. The van der Waals surface area contributed by atoms with Crippen molar-refractivity contribution in [1.29, 1.82) is 0 Å². The number of piperidine rings is 1. The topological polar surface area (TPSA) is 66.9 Å². The number of nitrogens with zero attached hydrogens (tertiary/aromatic N) is 2. The molecule has 0 aromatic heterocycles. The Labute approximate surface area is 156 Å². The number of amides is 1. The average molecular weight is 381 g/mol. The van der Waals surface area contributed by atoms with Gasteiger partial charge in [-0.15, -0.1) is 0 Å². The van der Waals surface area contributed by atoms with Crippen LogP contribution < -0.4 is 0 Å². The van der Waals surface area contributed by atoms with Crippen LogP contribution in [0.3, 0.4) is 0 Å². The van der Waals surface area contributed by atoms with E-state index in [2.05, 4.69) is 0 Å². The van der Waals surface area contributed by atoms with E-state index >= 15 is 0 Å². The Hall–Kier alpha value is -1.44. The molecule has 2 aliphatic heterocycles. The van der Waals surface area contributed by atoms with Crippen molar-refractivity contribution in [1.82, 2.24) is 9.21 Å². The summed E-state index contributed by atoms with van der Waals surface area (Å²) in [4.78, 5) is 14.7. The maximum Gasteiger partial charge on any atom is 0.254 e. The second-order valence-electron chi connectivity index (χ2n) is 7.54. The third-order valence-electron chi connectivity index (χ3n) is 5.82. The molecule has 26 heavy (non-hydrogen) atoms. The van der Waals surface area contributed by atoms with Crippen LogP contribution >= 0.6 is 0 Å². The van der Waals surface area contributed by atoms with Gasteiger partial charge in [0, 0.05) is 37.3 Å². The van der Waals surface area contributed by atoms with Crippen LogP contribution in [0.1, 0.15) is 41.6 Å². The lowest BCUT2D eigenvalue weighted by molar-refractivity contribution is 0.0504. The molecule has 1 amide bonds. The van der Waals surface area contributed by atoms with E-state index < -0.39 is 10.0 Å². The highest BCUT2D eigenvalue weighted by Gasteiger charge is 2.52. The number of rotatable bonds is 4. The SMILES string of the molecule is COC[C@@H]1CCC2(CCN(C(=O)c3ccccc3C)CC2)N1S(C)(=O)=O. The van der Waals surface area contributed by atoms with Gasteiger partial charge in [-0.05, 0) is 44.2 Å². The summed E-state index contributed by atoms with van der Waals surface area (Å²) in [5.41, 5.74) is 1.32. The van der Waals surface area contributed by atoms with Gasteiger partial charge in [-0.2, -0.15) is 4.31 Å². The molecule has 0 bridgehead atoms. The van der Waals surface area contributed by atoms with Crippen molar-refractivity contribution in [3.8, 4) is 0 Å². The molecule has 0 saturated carbocycles. The van der Waals surface area contributed by atoms with Crippen LogP contribution in [0.15, 0.2) is 24.3 Å². The van der Waals surface area contributed by atoms with Gasteiger partial charge in [0.2, 0.25) is 10.0 Å². The molecule has 1 atom stereocenters. The molecule has 3 rings (SSSR count). The number of likely N-dealkylation sites (tertiary alicyclic amines) is 1. The summed E-state index contributed by atoms with van der Waals surface area (Å²) in [7, 11) is -1.72. The highest BCUT2D eigenvalue weighted by atomic mass is 32.2. The maximum absolute atomic E-state index is 12.8. The standard InChI is InChI=1S/C19H28N2O4S/c1-15-6-4-5-7-17(15)18(22)20-12-10-19(11-13-20)9-8-16(14-25-2)21(19)26(3,23)24/h4-7,16H,8-14H2,1-3H3/t16-/m0/s1. The summed E-state index contributed by atoms with van der Waals surface area (Å²) in [6.07, 6.45) is 4.29. The molecule has 1 aromatic carbocycles. The number of sulfonamides is 1. The lowest BCUT2D eigenvalue weighted by Crippen LogP contribution is -2.57. The van der Waals surface area contributed by atoms with E-state index in [9.17, 15) is 13.2 Å². The van der Waals surface area contributed by atoms with Crippen molar-refractivity contribution in [3.05, 3.63) is 35.4 Å². The second-order valence-corrected chi connectivity index (χ2v) is 9.40. The number of ether oxygens (including phenoxy) is 1. The van der Waals surface area contributed by atoms with Gasteiger partial charge in [0.1, 0.15) is 0 Å². The molecule has 2 fully saturated rings. The van der Waals surface area contributed by atoms with Gasteiger partial charge in [-0.3, -0.25) is 4.79 Å². The fraction of sp³-hybridized carbons (Fsp3) is 0.632. The average Bonchev–Trinajstić information content (AvgIpc) is 2.94. The third kappa shape index (κ3) is 3.52. The molecule has 0 radical (unpaired) electrons. The Bertz CT molecular complexity index is 769. The smallest absolute Gasteiger partial charge is 0.254 e. The van der Waals surface area contributed by atoms with Crippen molar-refractivity contribution < 1.29 is 17.9 Å². The van der Waals surface area contributed by atoms with Crippen molar-refractivity contribution in [2.75, 3.05) is 33.1 Å². The largest absolute Gasteiger partial charge is 0.383 e. The highest BCUT2D eigenvalue weighted by Crippen LogP contribution is 2.43. The molecule has 1 spiro atoms. The zero-order valence-electron chi connectivity index (χ0n) is 15.8. The maximum atomic E-state index is 12.8. The van der Waals surface area contributed by atoms with E-state index in [4.69, 9.17) is 4.74 Å². The molecule has 7 heteroatoms. The van der Waals surface area contributed by atoms with Gasteiger partial charge in [0.25, 0.3) is 5.91 Å². The number of carbonyl (C=O) groups is 1. The Morgan fingerprint density at radius 2 is 1.88 bits per heavy atom. The van der Waals surface area contributed by atoms with Gasteiger partial charge in [0.05, 0.1) is 12.9 Å². The molecule has 1 aromatic rings. The van der Waals surface area contributed by atoms with Crippen LogP contribution in [0.5, 0.6) is 0 Å². The van der Waals surface area contributed by atoms with Crippen molar-refractivity contribution in [3.63, 3.8) is 0 Å². The van der Waals surface area contributed by atoms with E-state index in [1.54, 1.807) is 11.4 Å². The molecule has 144 valence electrons. The predicted octanol–water partition coefficient (Wildman–Crippen LogP) is 2.04. The minimum atomic E-state index is -3.33. The molecule has 0 N–H and O–H groups in total. The van der Waals surface area contributed by atoms with Gasteiger partial charge in [-0.1, -0.05) is 18.2 Å². The molecule has 0 aliphatic carbocycles. The fourth-order valence-corrected chi connectivity index (χ4v) is 6.28. The first-order chi connectivity index (χ1) is 12.3. The Kier molecular flexibility index (Phi) is 5.42. The zero-order chi connectivity index (χ0) is 18.9. The van der Waals surface area contributed by atoms with E-state index in [1.165, 1.54) is 6.26 Å². The van der Waals surface area contributed by atoms with Crippen LogP contribution in [-0.2, 0) is 14.8 Å². The van der Waals surface area contributed by atoms with E-state index in [1.807, 2.05) is 36.1 Å². The third-order valence-corrected chi connectivity index (χ3v) is 7.22. The Morgan fingerprint density at radius 1 is 1.23 bits per heavy atom. The highest BCUT2D eigenvalue weighted by molar-refractivity contribution is 7.88. The number of hydrogen-bond donors (Lipinski definition) is 0. The zero-order valence-corrected chi connectivity index (χ0v) is 16.6. The number of benzene rings is 1. The minimum Gasteiger partial charge on any atom is -0.383 e. The van der Waals surface area contributed by atoms with Gasteiger partial charge < -0.3 is 9.64 Å². The van der Waals surface area contributed by atoms with Crippen LogP contribution in [-0.4, -0.2) is 68.2 Å². The first-order valence-corrected chi connectivity index (χ1v) is 11.0. The molecule has 2 saturated heterocycles. The Morgan fingerprint density at radius 3 is 2.46 bits per heavy atom. The first kappa shape index (κ1) is 19.3. The van der Waals surface area contributed by atoms with E-state index in [0.717, 1.165) is 24.0 Å². The first-order valence-electron chi connectivity index (χ1n) is 9.12. The quantitative estimate of drug-likeness (QED) is 0.802. The number of carbonyl (C=O) groups excluding carboxylic acids is 1. The number of aryl methyl sites for hydroxylation is 1. The molecule has 2 heterocycles. The minimum absolute atomic E-state index is 0.0373. The van der Waals surface area contributed by atoms with Crippen LogP contribution in [0.2, 0.25) is 0 Å². The van der Waals surface area contributed by atoms with Crippen molar-refractivity contribution in [2.45, 2.75) is 44.2 Å². The molecular weight excluding hydrogens is 352 g/mol. The summed E-state index contributed by atoms with van der Waals surface area (Å²) in [5.74, 6) is 0.0373. The van der Waals surface area contributed by atoms with Crippen LogP contribution in [0.4, 0.5) is 0 Å². The number of methoxy groups -OCH3 is 1. The van der Waals surface area contributed by atoms with Gasteiger partial charge in [-0.25, -0.2) is 8.42 Å². The summed E-state index contributed by atoms with van der Waals surface area (Å²) in [6, 6.07) is 7.50. The fourth-order valence-electron chi connectivity index (χ4n) is 4.60. The summed E-state index contributed by atoms with van der Waals surface area (Å²) in [5, 5.41) is 0.